The number of nitro benzene ring substituents is 1. The maximum atomic E-state index is 11.4. The van der Waals surface area contributed by atoms with Gasteiger partial charge in [-0.3, -0.25) is 14.9 Å². The number of nitrogens with zero attached hydrogens (tertiary/aromatic N) is 1. The number of ether oxygens (including phenoxy) is 1. The molecule has 0 spiro atoms. The molecule has 1 N–H and O–H groups in total. The van der Waals surface area contributed by atoms with E-state index >= 15 is 0 Å². The number of aliphatic carboxylic acids is 1. The fraction of sp³-hybridized carbons (Fsp3) is 0.167. The normalized spacial score (nSPS) is 10.9. The summed E-state index contributed by atoms with van der Waals surface area (Å²) in [5.74, 6) is -1.98. The highest BCUT2D eigenvalue weighted by molar-refractivity contribution is 5.97. The molecule has 0 amide bonds. The van der Waals surface area contributed by atoms with Crippen LogP contribution in [0.3, 0.4) is 0 Å². The van der Waals surface area contributed by atoms with Crippen LogP contribution >= 0.6 is 0 Å². The Hall–Kier alpha value is -2.70. The molecule has 0 aliphatic rings. The summed E-state index contributed by atoms with van der Waals surface area (Å²) in [4.78, 5) is 32.1. The molecular weight excluding hydrogens is 254 g/mol. The summed E-state index contributed by atoms with van der Waals surface area (Å²) in [6, 6.07) is 5.51. The molecule has 0 unspecified atom stereocenters. The van der Waals surface area contributed by atoms with E-state index in [2.05, 4.69) is 4.74 Å². The Bertz CT molecular complexity index is 549. The van der Waals surface area contributed by atoms with Gasteiger partial charge in [-0.2, -0.15) is 0 Å². The maximum absolute atomic E-state index is 11.4. The first-order valence-corrected chi connectivity index (χ1v) is 5.19. The molecule has 19 heavy (non-hydrogen) atoms. The van der Waals surface area contributed by atoms with Crippen molar-refractivity contribution in [2.75, 3.05) is 7.11 Å². The Kier molecular flexibility index (Phi) is 4.76. The number of carboxylic acids is 1. The molecule has 0 aliphatic heterocycles. The first kappa shape index (κ1) is 14.4. The number of hydrogen-bond acceptors (Lipinski definition) is 5. The van der Waals surface area contributed by atoms with Crippen LogP contribution in [-0.2, 0) is 14.3 Å². The number of methoxy groups -OCH3 is 1. The molecular formula is C12H11NO6. The topological polar surface area (TPSA) is 107 Å². The molecule has 1 aromatic rings. The number of esters is 1. The van der Waals surface area contributed by atoms with Crippen LogP contribution in [0, 0.1) is 10.1 Å². The third-order valence-electron chi connectivity index (χ3n) is 2.21. The van der Waals surface area contributed by atoms with Gasteiger partial charge in [0.15, 0.2) is 0 Å². The lowest BCUT2D eigenvalue weighted by atomic mass is 10.1. The number of carbonyl (C=O) groups is 2. The van der Waals surface area contributed by atoms with Gasteiger partial charge in [0.2, 0.25) is 0 Å². The van der Waals surface area contributed by atoms with Gasteiger partial charge in [0.25, 0.3) is 5.69 Å². The monoisotopic (exact) mass is 265 g/mol. The highest BCUT2D eigenvalue weighted by Gasteiger charge is 2.14. The van der Waals surface area contributed by atoms with Crippen LogP contribution in [-0.4, -0.2) is 29.1 Å². The first-order valence-electron chi connectivity index (χ1n) is 5.19. The molecule has 0 bridgehead atoms. The van der Waals surface area contributed by atoms with E-state index in [0.29, 0.717) is 5.56 Å². The van der Waals surface area contributed by atoms with Crippen molar-refractivity contribution in [3.05, 3.63) is 45.5 Å². The van der Waals surface area contributed by atoms with Crippen molar-refractivity contribution >= 4 is 23.7 Å². The second-order valence-electron chi connectivity index (χ2n) is 3.58. The molecule has 7 heteroatoms. The summed E-state index contributed by atoms with van der Waals surface area (Å²) in [5, 5.41) is 19.3. The van der Waals surface area contributed by atoms with E-state index in [4.69, 9.17) is 5.11 Å². The van der Waals surface area contributed by atoms with Gasteiger partial charge in [-0.25, -0.2) is 4.79 Å². The van der Waals surface area contributed by atoms with E-state index < -0.39 is 23.3 Å². The highest BCUT2D eigenvalue weighted by atomic mass is 16.6. The Labute approximate surface area is 108 Å². The zero-order chi connectivity index (χ0) is 14.4. The number of benzene rings is 1. The quantitative estimate of drug-likeness (QED) is 0.375. The molecule has 0 aromatic heterocycles. The highest BCUT2D eigenvalue weighted by Crippen LogP contribution is 2.17. The van der Waals surface area contributed by atoms with Crippen molar-refractivity contribution in [3.8, 4) is 0 Å². The molecule has 0 radical (unpaired) electrons. The molecule has 0 atom stereocenters. The maximum Gasteiger partial charge on any atom is 0.334 e. The van der Waals surface area contributed by atoms with Gasteiger partial charge in [0, 0.05) is 17.7 Å². The predicted octanol–water partition coefficient (Wildman–Crippen LogP) is 1.63. The summed E-state index contributed by atoms with van der Waals surface area (Å²) in [6.45, 7) is 0. The Morgan fingerprint density at radius 2 is 2.16 bits per heavy atom. The third kappa shape index (κ3) is 4.23. The van der Waals surface area contributed by atoms with E-state index in [1.807, 2.05) is 0 Å². The minimum Gasteiger partial charge on any atom is -0.481 e. The van der Waals surface area contributed by atoms with Gasteiger partial charge in [-0.05, 0) is 11.6 Å². The van der Waals surface area contributed by atoms with Gasteiger partial charge in [0.05, 0.1) is 18.5 Å². The van der Waals surface area contributed by atoms with E-state index in [-0.39, 0.29) is 11.3 Å². The zero-order valence-corrected chi connectivity index (χ0v) is 10.0. The van der Waals surface area contributed by atoms with E-state index in [1.165, 1.54) is 30.3 Å². The average molecular weight is 265 g/mol. The molecule has 100 valence electrons. The van der Waals surface area contributed by atoms with Gasteiger partial charge < -0.3 is 9.84 Å². The number of carbonyl (C=O) groups excluding carboxylic acids is 1. The SMILES string of the molecule is COC(=O)/C(=C\c1cccc([N+](=O)[O-])c1)CC(=O)O. The minimum absolute atomic E-state index is 0.0875. The Balaban J connectivity index is 3.13. The van der Waals surface area contributed by atoms with Crippen LogP contribution in [0.25, 0.3) is 6.08 Å². The van der Waals surface area contributed by atoms with Crippen molar-refractivity contribution in [3.63, 3.8) is 0 Å². The number of rotatable bonds is 5. The summed E-state index contributed by atoms with van der Waals surface area (Å²) < 4.78 is 4.46. The van der Waals surface area contributed by atoms with Crippen molar-refractivity contribution in [1.82, 2.24) is 0 Å². The minimum atomic E-state index is -1.19. The van der Waals surface area contributed by atoms with Crippen LogP contribution in [0.15, 0.2) is 29.8 Å². The smallest absolute Gasteiger partial charge is 0.334 e. The Morgan fingerprint density at radius 3 is 2.68 bits per heavy atom. The van der Waals surface area contributed by atoms with Gasteiger partial charge in [-0.1, -0.05) is 12.1 Å². The van der Waals surface area contributed by atoms with Gasteiger partial charge >= 0.3 is 11.9 Å². The van der Waals surface area contributed by atoms with Crippen molar-refractivity contribution in [1.29, 1.82) is 0 Å². The van der Waals surface area contributed by atoms with E-state index in [0.717, 1.165) is 7.11 Å². The van der Waals surface area contributed by atoms with E-state index in [1.54, 1.807) is 0 Å². The summed E-state index contributed by atoms with van der Waals surface area (Å²) >= 11 is 0. The van der Waals surface area contributed by atoms with Crippen LogP contribution in [0.1, 0.15) is 12.0 Å². The average Bonchev–Trinajstić information content (AvgIpc) is 2.36. The molecule has 0 aliphatic carbocycles. The standard InChI is InChI=1S/C12H11NO6/c1-19-12(16)9(7-11(14)15)5-8-3-2-4-10(6-8)13(17)18/h2-6H,7H2,1H3,(H,14,15)/b9-5-. The third-order valence-corrected chi connectivity index (χ3v) is 2.21. The number of hydrogen-bond donors (Lipinski definition) is 1. The molecule has 0 saturated heterocycles. The number of nitro groups is 1. The second-order valence-corrected chi connectivity index (χ2v) is 3.58. The molecule has 0 saturated carbocycles. The summed E-state index contributed by atoms with van der Waals surface area (Å²) in [6.07, 6.45) is 0.738. The van der Waals surface area contributed by atoms with E-state index in [9.17, 15) is 19.7 Å². The van der Waals surface area contributed by atoms with Crippen LogP contribution in [0.5, 0.6) is 0 Å². The van der Waals surface area contributed by atoms with Crippen molar-refractivity contribution < 1.29 is 24.4 Å². The van der Waals surface area contributed by atoms with Gasteiger partial charge in [-0.15, -0.1) is 0 Å². The zero-order valence-electron chi connectivity index (χ0n) is 10.0. The number of non-ortho nitro benzene ring substituents is 1. The van der Waals surface area contributed by atoms with Crippen LogP contribution in [0.4, 0.5) is 5.69 Å². The fourth-order valence-electron chi connectivity index (χ4n) is 1.41. The van der Waals surface area contributed by atoms with Gasteiger partial charge in [0.1, 0.15) is 0 Å². The Morgan fingerprint density at radius 1 is 1.47 bits per heavy atom. The fourth-order valence-corrected chi connectivity index (χ4v) is 1.41. The van der Waals surface area contributed by atoms with Crippen molar-refractivity contribution in [2.24, 2.45) is 0 Å². The van der Waals surface area contributed by atoms with Crippen LogP contribution in [0.2, 0.25) is 0 Å². The first-order chi connectivity index (χ1) is 8.93. The predicted molar refractivity (Wildman–Crippen MR) is 65.3 cm³/mol. The molecule has 1 rings (SSSR count). The molecule has 0 heterocycles. The molecule has 0 fully saturated rings. The molecule has 1 aromatic carbocycles. The summed E-state index contributed by atoms with van der Waals surface area (Å²) in [5.41, 5.74) is 0.125. The lowest BCUT2D eigenvalue weighted by Gasteiger charge is -2.02. The largest absolute Gasteiger partial charge is 0.481 e. The number of carboxylic acid groups (broad SMARTS) is 1. The van der Waals surface area contributed by atoms with Crippen LogP contribution < -0.4 is 0 Å². The lowest BCUT2D eigenvalue weighted by Crippen LogP contribution is -2.09. The second kappa shape index (κ2) is 6.29. The molecule has 7 nitrogen and oxygen atoms in total. The lowest BCUT2D eigenvalue weighted by molar-refractivity contribution is -0.384. The van der Waals surface area contributed by atoms with Crippen molar-refractivity contribution in [2.45, 2.75) is 6.42 Å². The summed E-state index contributed by atoms with van der Waals surface area (Å²) in [7, 11) is 1.13.